The van der Waals surface area contributed by atoms with Gasteiger partial charge in [0.15, 0.2) is 0 Å². The van der Waals surface area contributed by atoms with Crippen LogP contribution in [0, 0.1) is 0 Å². The fourth-order valence-electron chi connectivity index (χ4n) is 3.71. The number of anilines is 1. The minimum atomic E-state index is -4.61. The zero-order valence-electron chi connectivity index (χ0n) is 22.0. The molecule has 0 aliphatic carbocycles. The van der Waals surface area contributed by atoms with Crippen LogP contribution in [0.4, 0.5) is 18.9 Å². The van der Waals surface area contributed by atoms with E-state index >= 15 is 0 Å². The lowest BCUT2D eigenvalue weighted by molar-refractivity contribution is -0.137. The summed E-state index contributed by atoms with van der Waals surface area (Å²) >= 11 is 0. The molecule has 0 spiro atoms. The van der Waals surface area contributed by atoms with Gasteiger partial charge in [-0.15, -0.1) is 0 Å². The van der Waals surface area contributed by atoms with Gasteiger partial charge in [0, 0.05) is 31.9 Å². The molecule has 0 heterocycles. The van der Waals surface area contributed by atoms with E-state index in [1.54, 1.807) is 19.1 Å². The molecule has 0 bridgehead atoms. The van der Waals surface area contributed by atoms with Crippen LogP contribution in [0.25, 0.3) is 0 Å². The summed E-state index contributed by atoms with van der Waals surface area (Å²) in [6.07, 6.45) is -6.80. The van der Waals surface area contributed by atoms with Gasteiger partial charge in [0.25, 0.3) is 0 Å². The number of halogens is 3. The Kier molecular flexibility index (Phi) is 12.3. The van der Waals surface area contributed by atoms with Crippen molar-refractivity contribution in [1.82, 2.24) is 10.2 Å². The average molecular weight is 569 g/mol. The lowest BCUT2D eigenvalue weighted by atomic mass is 9.99. The summed E-state index contributed by atoms with van der Waals surface area (Å²) in [5.41, 5.74) is 16.2. The maximum atomic E-state index is 13.2. The zero-order chi connectivity index (χ0) is 29.9. The predicted octanol–water partition coefficient (Wildman–Crippen LogP) is 0.724. The van der Waals surface area contributed by atoms with Crippen LogP contribution in [-0.4, -0.2) is 72.6 Å². The van der Waals surface area contributed by atoms with Crippen molar-refractivity contribution >= 4 is 23.4 Å². The molecule has 14 heteroatoms. The van der Waals surface area contributed by atoms with Gasteiger partial charge in [-0.2, -0.15) is 13.2 Å². The minimum absolute atomic E-state index is 0.0677. The molecule has 0 saturated heterocycles. The van der Waals surface area contributed by atoms with E-state index in [2.05, 4.69) is 10.6 Å². The van der Waals surface area contributed by atoms with E-state index in [0.717, 1.165) is 24.3 Å². The van der Waals surface area contributed by atoms with Gasteiger partial charge in [0.1, 0.15) is 17.9 Å². The molecular weight excluding hydrogens is 533 g/mol. The maximum Gasteiger partial charge on any atom is 0.416 e. The molecule has 0 aliphatic rings. The number of nitrogens with two attached hydrogens (primary N) is 3. The Labute approximate surface area is 229 Å². The van der Waals surface area contributed by atoms with Crippen LogP contribution in [0.3, 0.4) is 0 Å². The van der Waals surface area contributed by atoms with Crippen molar-refractivity contribution in [1.29, 1.82) is 0 Å². The summed E-state index contributed by atoms with van der Waals surface area (Å²) in [7, 11) is 0. The molecule has 2 aromatic rings. The molecule has 9 N–H and O–H groups in total. The van der Waals surface area contributed by atoms with Gasteiger partial charge in [-0.1, -0.05) is 12.1 Å². The SMILES string of the molecule is CCOc1ccc(NC(=O)[C@@H](NC(=O)[C@@H](N)CC(=O)N(CCN)CCN)[C@@H](O)c2ccc(C(F)(F)F)cc2)cc1. The first kappa shape index (κ1) is 32.5. The number of nitrogens with zero attached hydrogens (tertiary/aromatic N) is 1. The van der Waals surface area contributed by atoms with E-state index in [1.165, 1.54) is 17.0 Å². The summed E-state index contributed by atoms with van der Waals surface area (Å²) in [5, 5.41) is 15.8. The number of benzene rings is 2. The monoisotopic (exact) mass is 568 g/mol. The normalized spacial score (nSPS) is 13.6. The quantitative estimate of drug-likeness (QED) is 0.192. The Balaban J connectivity index is 2.26. The van der Waals surface area contributed by atoms with Crippen LogP contribution in [-0.2, 0) is 20.6 Å². The van der Waals surface area contributed by atoms with Crippen LogP contribution < -0.4 is 32.6 Å². The first-order valence-corrected chi connectivity index (χ1v) is 12.5. The van der Waals surface area contributed by atoms with Crippen molar-refractivity contribution in [2.75, 3.05) is 38.1 Å². The Hall–Kier alpha value is -3.72. The van der Waals surface area contributed by atoms with Gasteiger partial charge in [-0.3, -0.25) is 14.4 Å². The number of aliphatic hydroxyl groups is 1. The lowest BCUT2D eigenvalue weighted by Crippen LogP contribution is -2.53. The topological polar surface area (TPSA) is 186 Å². The third-order valence-electron chi connectivity index (χ3n) is 5.79. The van der Waals surface area contributed by atoms with Crippen molar-refractivity contribution in [3.63, 3.8) is 0 Å². The lowest BCUT2D eigenvalue weighted by Gasteiger charge is -2.26. The number of amides is 3. The Morgan fingerprint density at radius 1 is 0.975 bits per heavy atom. The highest BCUT2D eigenvalue weighted by Crippen LogP contribution is 2.30. The Morgan fingerprint density at radius 2 is 1.55 bits per heavy atom. The highest BCUT2D eigenvalue weighted by Gasteiger charge is 2.34. The largest absolute Gasteiger partial charge is 0.494 e. The number of alkyl halides is 3. The number of ether oxygens (including phenoxy) is 1. The summed E-state index contributed by atoms with van der Waals surface area (Å²) in [4.78, 5) is 40.0. The van der Waals surface area contributed by atoms with E-state index < -0.39 is 54.1 Å². The molecule has 0 aliphatic heterocycles. The number of hydrogen-bond donors (Lipinski definition) is 6. The second kappa shape index (κ2) is 15.2. The third kappa shape index (κ3) is 9.48. The van der Waals surface area contributed by atoms with Crippen molar-refractivity contribution in [3.8, 4) is 5.75 Å². The fraction of sp³-hybridized carbons (Fsp3) is 0.423. The third-order valence-corrected chi connectivity index (χ3v) is 5.79. The molecule has 2 aromatic carbocycles. The van der Waals surface area contributed by atoms with Crippen LogP contribution >= 0.6 is 0 Å². The van der Waals surface area contributed by atoms with Crippen molar-refractivity contribution in [2.45, 2.75) is 37.7 Å². The standard InChI is InChI=1S/C26H35F3N6O5/c1-2-40-19-9-7-18(8-10-19)33-25(39)22(23(37)16-3-5-17(6-4-16)26(27,28)29)34-24(38)20(32)15-21(36)35(13-11-30)14-12-31/h3-10,20,22-23,37H,2,11-15,30-32H2,1H3,(H,33,39)(H,34,38)/t20-,22-,23-/m0/s1. The van der Waals surface area contributed by atoms with E-state index in [9.17, 15) is 32.7 Å². The number of nitrogens with one attached hydrogen (secondary N) is 2. The molecule has 3 atom stereocenters. The second-order valence-electron chi connectivity index (χ2n) is 8.77. The van der Waals surface area contributed by atoms with Gasteiger partial charge in [-0.05, 0) is 48.9 Å². The first-order chi connectivity index (χ1) is 18.9. The molecule has 40 heavy (non-hydrogen) atoms. The molecule has 0 aromatic heterocycles. The number of carbonyl (C=O) groups is 3. The van der Waals surface area contributed by atoms with E-state index in [4.69, 9.17) is 21.9 Å². The van der Waals surface area contributed by atoms with Gasteiger partial charge in [-0.25, -0.2) is 0 Å². The fourth-order valence-corrected chi connectivity index (χ4v) is 3.71. The van der Waals surface area contributed by atoms with Crippen molar-refractivity contribution in [3.05, 3.63) is 59.7 Å². The van der Waals surface area contributed by atoms with Gasteiger partial charge in [0.05, 0.1) is 24.6 Å². The van der Waals surface area contributed by atoms with Crippen molar-refractivity contribution in [2.24, 2.45) is 17.2 Å². The number of carbonyl (C=O) groups excluding carboxylic acids is 3. The van der Waals surface area contributed by atoms with Gasteiger partial charge in [0.2, 0.25) is 17.7 Å². The summed E-state index contributed by atoms with van der Waals surface area (Å²) in [5.74, 6) is -1.76. The number of aliphatic hydroxyl groups excluding tert-OH is 1. The Bertz CT molecular complexity index is 1110. The molecule has 220 valence electrons. The molecule has 0 fully saturated rings. The predicted molar refractivity (Wildman–Crippen MR) is 142 cm³/mol. The van der Waals surface area contributed by atoms with Crippen molar-refractivity contribution < 1.29 is 37.4 Å². The molecule has 11 nitrogen and oxygen atoms in total. The summed E-state index contributed by atoms with van der Waals surface area (Å²) in [6, 6.07) is 6.64. The van der Waals surface area contributed by atoms with Crippen LogP contribution in [0.2, 0.25) is 0 Å². The highest BCUT2D eigenvalue weighted by atomic mass is 19.4. The van der Waals surface area contributed by atoms with E-state index in [1.807, 2.05) is 0 Å². The van der Waals surface area contributed by atoms with Crippen LogP contribution in [0.15, 0.2) is 48.5 Å². The summed E-state index contributed by atoms with van der Waals surface area (Å²) in [6.45, 7) is 2.96. The second-order valence-corrected chi connectivity index (χ2v) is 8.77. The maximum absolute atomic E-state index is 13.2. The average Bonchev–Trinajstić information content (AvgIpc) is 2.91. The molecule has 0 saturated carbocycles. The van der Waals surface area contributed by atoms with E-state index in [0.29, 0.717) is 18.0 Å². The van der Waals surface area contributed by atoms with Crippen LogP contribution in [0.5, 0.6) is 5.75 Å². The summed E-state index contributed by atoms with van der Waals surface area (Å²) < 4.78 is 44.3. The number of hydrogen-bond acceptors (Lipinski definition) is 8. The van der Waals surface area contributed by atoms with Gasteiger partial charge < -0.3 is 42.6 Å². The van der Waals surface area contributed by atoms with Crippen LogP contribution in [0.1, 0.15) is 30.6 Å². The van der Waals surface area contributed by atoms with Gasteiger partial charge >= 0.3 is 6.18 Å². The molecule has 0 unspecified atom stereocenters. The zero-order valence-corrected chi connectivity index (χ0v) is 22.0. The first-order valence-electron chi connectivity index (χ1n) is 12.5. The molecule has 3 amide bonds. The minimum Gasteiger partial charge on any atom is -0.494 e. The molecular formula is C26H35F3N6O5. The molecule has 0 radical (unpaired) electrons. The highest BCUT2D eigenvalue weighted by molar-refractivity contribution is 5.99. The molecule has 2 rings (SSSR count). The van der Waals surface area contributed by atoms with E-state index in [-0.39, 0.29) is 31.7 Å². The number of rotatable bonds is 14. The smallest absolute Gasteiger partial charge is 0.416 e. The Morgan fingerprint density at radius 3 is 2.05 bits per heavy atom.